The van der Waals surface area contributed by atoms with Crippen LogP contribution in [0.3, 0.4) is 0 Å². The first-order valence-corrected chi connectivity index (χ1v) is 18.1. The molecule has 0 fully saturated rings. The molecule has 3 heteroatoms. The number of hydrogen-bond donors (Lipinski definition) is 0. The van der Waals surface area contributed by atoms with Crippen LogP contribution in [0.5, 0.6) is 0 Å². The zero-order valence-corrected chi connectivity index (χ0v) is 28.7. The van der Waals surface area contributed by atoms with Crippen molar-refractivity contribution in [2.75, 3.05) is 0 Å². The van der Waals surface area contributed by atoms with Crippen LogP contribution in [0.1, 0.15) is 22.3 Å². The lowest BCUT2D eigenvalue weighted by Crippen LogP contribution is -2.25. The predicted octanol–water partition coefficient (Wildman–Crippen LogP) is 12.0. The maximum absolute atomic E-state index is 5.05. The summed E-state index contributed by atoms with van der Waals surface area (Å²) in [6.45, 7) is 0. The molecule has 1 heterocycles. The van der Waals surface area contributed by atoms with Crippen LogP contribution in [0.4, 0.5) is 0 Å². The van der Waals surface area contributed by atoms with Gasteiger partial charge >= 0.3 is 0 Å². The summed E-state index contributed by atoms with van der Waals surface area (Å²) in [5, 5.41) is 2.56. The van der Waals surface area contributed by atoms with E-state index in [2.05, 4.69) is 127 Å². The molecule has 0 bridgehead atoms. The summed E-state index contributed by atoms with van der Waals surface area (Å²) in [5.74, 6) is 1.96. The Morgan fingerprint density at radius 1 is 0.302 bits per heavy atom. The highest BCUT2D eigenvalue weighted by molar-refractivity contribution is 6.07. The number of nitrogens with zero attached hydrogens (tertiary/aromatic N) is 3. The molecule has 3 nitrogen and oxygen atoms in total. The van der Waals surface area contributed by atoms with E-state index in [-0.39, 0.29) is 0 Å². The molecule has 1 spiro atoms. The number of hydrogen-bond acceptors (Lipinski definition) is 3. The first kappa shape index (κ1) is 29.7. The number of benzene rings is 8. The topological polar surface area (TPSA) is 38.7 Å². The Labute approximate surface area is 308 Å². The molecule has 0 saturated heterocycles. The van der Waals surface area contributed by atoms with Gasteiger partial charge in [0.25, 0.3) is 0 Å². The quantitative estimate of drug-likeness (QED) is 0.187. The molecule has 2 aliphatic rings. The number of aromatic nitrogens is 3. The van der Waals surface area contributed by atoms with Crippen LogP contribution in [0.15, 0.2) is 188 Å². The van der Waals surface area contributed by atoms with Crippen molar-refractivity contribution in [1.82, 2.24) is 15.0 Å². The molecule has 2 aliphatic carbocycles. The Hall–Kier alpha value is -6.97. The summed E-state index contributed by atoms with van der Waals surface area (Å²) < 4.78 is 0. The van der Waals surface area contributed by atoms with Crippen LogP contribution in [0.25, 0.3) is 78.3 Å². The van der Waals surface area contributed by atoms with Gasteiger partial charge in [-0.2, -0.15) is 0 Å². The predicted molar refractivity (Wildman–Crippen MR) is 215 cm³/mol. The highest BCUT2D eigenvalue weighted by Gasteiger charge is 2.52. The Morgan fingerprint density at radius 2 is 0.774 bits per heavy atom. The largest absolute Gasteiger partial charge is 0.208 e. The fourth-order valence-electron chi connectivity index (χ4n) is 8.96. The van der Waals surface area contributed by atoms with Crippen molar-refractivity contribution >= 4 is 10.8 Å². The van der Waals surface area contributed by atoms with Crippen molar-refractivity contribution < 1.29 is 0 Å². The van der Waals surface area contributed by atoms with Crippen LogP contribution in [-0.4, -0.2) is 15.0 Å². The van der Waals surface area contributed by atoms with E-state index in [9.17, 15) is 0 Å². The maximum atomic E-state index is 5.05. The first-order valence-electron chi connectivity index (χ1n) is 18.1. The summed E-state index contributed by atoms with van der Waals surface area (Å²) >= 11 is 0. The fraction of sp³-hybridized carbons (Fsp3) is 0.0200. The van der Waals surface area contributed by atoms with E-state index < -0.39 is 5.41 Å². The van der Waals surface area contributed by atoms with Crippen LogP contribution < -0.4 is 0 Å². The van der Waals surface area contributed by atoms with Crippen LogP contribution >= 0.6 is 0 Å². The zero-order chi connectivity index (χ0) is 34.9. The Bertz CT molecular complexity index is 2840. The zero-order valence-electron chi connectivity index (χ0n) is 28.7. The summed E-state index contributed by atoms with van der Waals surface area (Å²) in [6, 6.07) is 67.4. The van der Waals surface area contributed by atoms with Crippen molar-refractivity contribution in [3.63, 3.8) is 0 Å². The molecular formula is C50H31N3. The molecule has 0 radical (unpaired) electrons. The van der Waals surface area contributed by atoms with Gasteiger partial charge in [-0.05, 0) is 72.5 Å². The monoisotopic (exact) mass is 673 g/mol. The molecule has 8 aromatic carbocycles. The van der Waals surface area contributed by atoms with Gasteiger partial charge in [-0.3, -0.25) is 0 Å². The van der Waals surface area contributed by atoms with Gasteiger partial charge in [0.05, 0.1) is 5.41 Å². The molecule has 1 aromatic heterocycles. The molecule has 1 atom stereocenters. The summed E-state index contributed by atoms with van der Waals surface area (Å²) in [7, 11) is 0. The van der Waals surface area contributed by atoms with Gasteiger partial charge in [0.15, 0.2) is 17.5 Å². The van der Waals surface area contributed by atoms with Crippen LogP contribution in [0.2, 0.25) is 0 Å². The fourth-order valence-corrected chi connectivity index (χ4v) is 8.96. The highest BCUT2D eigenvalue weighted by atomic mass is 15.0. The van der Waals surface area contributed by atoms with E-state index in [0.717, 1.165) is 22.3 Å². The summed E-state index contributed by atoms with van der Waals surface area (Å²) in [4.78, 5) is 15.0. The summed E-state index contributed by atoms with van der Waals surface area (Å²) in [5.41, 5.74) is 15.3. The lowest BCUT2D eigenvalue weighted by Gasteiger charge is -2.30. The van der Waals surface area contributed by atoms with Crippen molar-refractivity contribution in [2.24, 2.45) is 0 Å². The second-order valence-corrected chi connectivity index (χ2v) is 13.9. The third kappa shape index (κ3) is 4.31. The van der Waals surface area contributed by atoms with Gasteiger partial charge in [0, 0.05) is 16.7 Å². The lowest BCUT2D eigenvalue weighted by molar-refractivity contribution is 0.794. The van der Waals surface area contributed by atoms with Gasteiger partial charge in [-0.1, -0.05) is 182 Å². The molecule has 9 aromatic rings. The minimum absolute atomic E-state index is 0.432. The standard InChI is InChI=1S/C50H31N3/c1-3-16-33(17-4-1)47-51-48(34-18-5-2-6-19-34)53-49(52-47)36-21-13-20-35(31-36)38-25-14-28-43-46(38)40-24-10-12-27-42(40)50(43)41-26-11-9-23-39(41)45-37-22-8-7-15-32(37)29-30-44(45)50/h1-31H. The molecule has 0 amide bonds. The van der Waals surface area contributed by atoms with Gasteiger partial charge < -0.3 is 0 Å². The van der Waals surface area contributed by atoms with E-state index in [1.54, 1.807) is 0 Å². The Morgan fingerprint density at radius 3 is 1.47 bits per heavy atom. The molecule has 246 valence electrons. The molecule has 0 N–H and O–H groups in total. The van der Waals surface area contributed by atoms with Gasteiger partial charge in [-0.25, -0.2) is 15.0 Å². The average Bonchev–Trinajstić information content (AvgIpc) is 3.72. The molecule has 53 heavy (non-hydrogen) atoms. The van der Waals surface area contributed by atoms with Gasteiger partial charge in [0.2, 0.25) is 0 Å². The van der Waals surface area contributed by atoms with Crippen LogP contribution in [-0.2, 0) is 5.41 Å². The van der Waals surface area contributed by atoms with Crippen molar-refractivity contribution in [3.8, 4) is 67.5 Å². The second kappa shape index (κ2) is 11.5. The van der Waals surface area contributed by atoms with Gasteiger partial charge in [0.1, 0.15) is 0 Å². The molecule has 0 aliphatic heterocycles. The van der Waals surface area contributed by atoms with E-state index in [1.807, 2.05) is 60.7 Å². The van der Waals surface area contributed by atoms with Crippen LogP contribution in [0, 0.1) is 0 Å². The van der Waals surface area contributed by atoms with Crippen molar-refractivity contribution in [3.05, 3.63) is 210 Å². The lowest BCUT2D eigenvalue weighted by atomic mass is 9.70. The molecule has 1 unspecified atom stereocenters. The van der Waals surface area contributed by atoms with E-state index in [1.165, 1.54) is 60.8 Å². The average molecular weight is 674 g/mol. The highest BCUT2D eigenvalue weighted by Crippen LogP contribution is 2.64. The Kier molecular flexibility index (Phi) is 6.47. The van der Waals surface area contributed by atoms with E-state index in [0.29, 0.717) is 17.5 Å². The van der Waals surface area contributed by atoms with Crippen molar-refractivity contribution in [2.45, 2.75) is 5.41 Å². The minimum atomic E-state index is -0.432. The van der Waals surface area contributed by atoms with E-state index in [4.69, 9.17) is 15.0 Å². The third-order valence-electron chi connectivity index (χ3n) is 11.1. The number of fused-ring (bicyclic) bond motifs is 12. The smallest absolute Gasteiger partial charge is 0.164 e. The Balaban J connectivity index is 1.14. The normalized spacial score (nSPS) is 14.9. The third-order valence-corrected chi connectivity index (χ3v) is 11.1. The maximum Gasteiger partial charge on any atom is 0.164 e. The first-order chi connectivity index (χ1) is 26.3. The van der Waals surface area contributed by atoms with E-state index >= 15 is 0 Å². The molecular weight excluding hydrogens is 643 g/mol. The minimum Gasteiger partial charge on any atom is -0.208 e. The number of rotatable bonds is 4. The van der Waals surface area contributed by atoms with Gasteiger partial charge in [-0.15, -0.1) is 0 Å². The molecule has 11 rings (SSSR count). The SMILES string of the molecule is c1ccc(-c2nc(-c3ccccc3)nc(-c3cccc(-c4cccc5c4-c4ccccc4C54c5ccccc5-c5c4ccc4ccccc54)c3)n2)cc1. The summed E-state index contributed by atoms with van der Waals surface area (Å²) in [6.07, 6.45) is 0. The second-order valence-electron chi connectivity index (χ2n) is 13.9. The molecule has 0 saturated carbocycles. The van der Waals surface area contributed by atoms with Crippen molar-refractivity contribution in [1.29, 1.82) is 0 Å².